The molecule has 0 saturated carbocycles. The zero-order chi connectivity index (χ0) is 11.2. The number of nitrogens with zero attached hydrogens (tertiary/aromatic N) is 2. The van der Waals surface area contributed by atoms with Gasteiger partial charge in [0, 0.05) is 23.7 Å². The lowest BCUT2D eigenvalue weighted by Gasteiger charge is -1.99. The van der Waals surface area contributed by atoms with Crippen molar-refractivity contribution < 1.29 is 4.79 Å². The first-order valence-corrected chi connectivity index (χ1v) is 6.05. The van der Waals surface area contributed by atoms with Gasteiger partial charge in [0.1, 0.15) is 6.33 Å². The van der Waals surface area contributed by atoms with Crippen LogP contribution in [0.25, 0.3) is 0 Å². The number of aromatic nitrogens is 2. The molecule has 4 heteroatoms. The van der Waals surface area contributed by atoms with Gasteiger partial charge in [0.05, 0.1) is 5.56 Å². The highest BCUT2D eigenvalue weighted by atomic mass is 32.1. The quantitative estimate of drug-likeness (QED) is 0.744. The highest BCUT2D eigenvalue weighted by Crippen LogP contribution is 2.13. The minimum Gasteiger partial charge on any atom is -0.294 e. The Morgan fingerprint density at radius 1 is 1.31 bits per heavy atom. The summed E-state index contributed by atoms with van der Waals surface area (Å²) in [5, 5.41) is 2.06. The number of thiophene rings is 1. The molecule has 82 valence electrons. The molecule has 0 aromatic carbocycles. The summed E-state index contributed by atoms with van der Waals surface area (Å²) in [4.78, 5) is 20.7. The molecule has 0 N–H and O–H groups in total. The van der Waals surface area contributed by atoms with Crippen molar-refractivity contribution in [1.82, 2.24) is 9.97 Å². The Labute approximate surface area is 98.2 Å². The van der Waals surface area contributed by atoms with Crippen molar-refractivity contribution in [3.8, 4) is 0 Å². The molecule has 0 radical (unpaired) electrons. The summed E-state index contributed by atoms with van der Waals surface area (Å²) < 4.78 is 0. The number of rotatable bonds is 5. The van der Waals surface area contributed by atoms with E-state index < -0.39 is 0 Å². The monoisotopic (exact) mass is 232 g/mol. The van der Waals surface area contributed by atoms with Crippen molar-refractivity contribution in [2.24, 2.45) is 0 Å². The molecule has 0 aliphatic carbocycles. The zero-order valence-corrected chi connectivity index (χ0v) is 9.61. The van der Waals surface area contributed by atoms with E-state index in [1.807, 2.05) is 6.07 Å². The van der Waals surface area contributed by atoms with Crippen LogP contribution in [0.15, 0.2) is 36.2 Å². The van der Waals surface area contributed by atoms with Gasteiger partial charge in [0.2, 0.25) is 0 Å². The largest absolute Gasteiger partial charge is 0.294 e. The summed E-state index contributed by atoms with van der Waals surface area (Å²) in [5.74, 6) is 0.122. The van der Waals surface area contributed by atoms with E-state index >= 15 is 0 Å². The fourth-order valence-corrected chi connectivity index (χ4v) is 2.22. The fourth-order valence-electron chi connectivity index (χ4n) is 1.47. The Kier molecular flexibility index (Phi) is 3.77. The van der Waals surface area contributed by atoms with Crippen molar-refractivity contribution in [2.75, 3.05) is 0 Å². The minimum atomic E-state index is 0.122. The molecule has 3 nitrogen and oxygen atoms in total. The second kappa shape index (κ2) is 5.51. The van der Waals surface area contributed by atoms with Crippen LogP contribution in [0, 0.1) is 0 Å². The summed E-state index contributed by atoms with van der Waals surface area (Å²) in [6.07, 6.45) is 6.99. The summed E-state index contributed by atoms with van der Waals surface area (Å²) in [6, 6.07) is 4.13. The van der Waals surface area contributed by atoms with Crippen LogP contribution >= 0.6 is 11.3 Å². The fraction of sp³-hybridized carbons (Fsp3) is 0.250. The van der Waals surface area contributed by atoms with Crippen LogP contribution in [-0.4, -0.2) is 15.8 Å². The standard InChI is InChI=1S/C12H12N2OS/c15-12(10-7-13-9-14-8-10)5-1-3-11-4-2-6-16-11/h2,4,6-9H,1,3,5H2. The number of hydrogen-bond acceptors (Lipinski definition) is 4. The summed E-state index contributed by atoms with van der Waals surface area (Å²) in [5.41, 5.74) is 0.605. The molecule has 0 bridgehead atoms. The van der Waals surface area contributed by atoms with Crippen LogP contribution in [0.1, 0.15) is 28.1 Å². The Morgan fingerprint density at radius 2 is 2.12 bits per heavy atom. The Morgan fingerprint density at radius 3 is 2.81 bits per heavy atom. The molecule has 0 fully saturated rings. The highest BCUT2D eigenvalue weighted by Gasteiger charge is 2.05. The van der Waals surface area contributed by atoms with Gasteiger partial charge in [-0.05, 0) is 24.3 Å². The van der Waals surface area contributed by atoms with Crippen molar-refractivity contribution in [1.29, 1.82) is 0 Å². The molecule has 2 rings (SSSR count). The van der Waals surface area contributed by atoms with Gasteiger partial charge in [0.25, 0.3) is 0 Å². The van der Waals surface area contributed by atoms with E-state index in [1.54, 1.807) is 23.7 Å². The van der Waals surface area contributed by atoms with Gasteiger partial charge in [-0.2, -0.15) is 0 Å². The number of hydrogen-bond donors (Lipinski definition) is 0. The number of carbonyl (C=O) groups excluding carboxylic acids is 1. The topological polar surface area (TPSA) is 42.9 Å². The lowest BCUT2D eigenvalue weighted by atomic mass is 10.1. The minimum absolute atomic E-state index is 0.122. The van der Waals surface area contributed by atoms with Gasteiger partial charge in [0.15, 0.2) is 5.78 Å². The second-order valence-electron chi connectivity index (χ2n) is 3.48. The molecular formula is C12H12N2OS. The van der Waals surface area contributed by atoms with E-state index in [-0.39, 0.29) is 5.78 Å². The highest BCUT2D eigenvalue weighted by molar-refractivity contribution is 7.09. The average Bonchev–Trinajstić information content (AvgIpc) is 2.83. The van der Waals surface area contributed by atoms with Crippen molar-refractivity contribution in [3.05, 3.63) is 46.7 Å². The maximum atomic E-state index is 11.7. The number of Topliss-reactive ketones (excluding diaryl/α,β-unsaturated/α-hetero) is 1. The molecule has 2 aromatic heterocycles. The maximum absolute atomic E-state index is 11.7. The molecule has 0 unspecified atom stereocenters. The maximum Gasteiger partial charge on any atom is 0.165 e. The van der Waals surface area contributed by atoms with E-state index in [1.165, 1.54) is 11.2 Å². The smallest absolute Gasteiger partial charge is 0.165 e. The molecule has 0 aliphatic rings. The second-order valence-corrected chi connectivity index (χ2v) is 4.52. The van der Waals surface area contributed by atoms with Crippen molar-refractivity contribution in [3.63, 3.8) is 0 Å². The van der Waals surface area contributed by atoms with Gasteiger partial charge in [-0.1, -0.05) is 6.07 Å². The average molecular weight is 232 g/mol. The Hall–Kier alpha value is -1.55. The molecule has 0 saturated heterocycles. The molecule has 0 atom stereocenters. The molecular weight excluding hydrogens is 220 g/mol. The summed E-state index contributed by atoms with van der Waals surface area (Å²) >= 11 is 1.73. The van der Waals surface area contributed by atoms with E-state index in [4.69, 9.17) is 0 Å². The van der Waals surface area contributed by atoms with E-state index in [9.17, 15) is 4.79 Å². The van der Waals surface area contributed by atoms with Crippen LogP contribution in [0.2, 0.25) is 0 Å². The number of ketones is 1. The van der Waals surface area contributed by atoms with Crippen LogP contribution in [0.5, 0.6) is 0 Å². The molecule has 16 heavy (non-hydrogen) atoms. The van der Waals surface area contributed by atoms with E-state index in [0.717, 1.165) is 12.8 Å². The third kappa shape index (κ3) is 2.97. The van der Waals surface area contributed by atoms with Crippen LogP contribution in [0.4, 0.5) is 0 Å². The van der Waals surface area contributed by atoms with Crippen LogP contribution in [0.3, 0.4) is 0 Å². The Bertz CT molecular complexity index is 439. The van der Waals surface area contributed by atoms with Gasteiger partial charge >= 0.3 is 0 Å². The first kappa shape index (κ1) is 11.0. The number of carbonyl (C=O) groups is 1. The van der Waals surface area contributed by atoms with Gasteiger partial charge in [-0.25, -0.2) is 9.97 Å². The van der Waals surface area contributed by atoms with Crippen molar-refractivity contribution >= 4 is 17.1 Å². The molecule has 0 amide bonds. The predicted octanol–water partition coefficient (Wildman–Crippen LogP) is 2.74. The third-order valence-corrected chi connectivity index (χ3v) is 3.23. The van der Waals surface area contributed by atoms with Crippen LogP contribution < -0.4 is 0 Å². The SMILES string of the molecule is O=C(CCCc1cccs1)c1cncnc1. The Balaban J connectivity index is 1.81. The van der Waals surface area contributed by atoms with Crippen molar-refractivity contribution in [2.45, 2.75) is 19.3 Å². The first-order valence-electron chi connectivity index (χ1n) is 5.17. The summed E-state index contributed by atoms with van der Waals surface area (Å²) in [6.45, 7) is 0. The summed E-state index contributed by atoms with van der Waals surface area (Å²) in [7, 11) is 0. The predicted molar refractivity (Wildman–Crippen MR) is 63.6 cm³/mol. The molecule has 2 aromatic rings. The molecule has 0 spiro atoms. The van der Waals surface area contributed by atoms with Gasteiger partial charge < -0.3 is 0 Å². The normalized spacial score (nSPS) is 10.2. The molecule has 0 aliphatic heterocycles. The molecule has 2 heterocycles. The zero-order valence-electron chi connectivity index (χ0n) is 8.80. The first-order chi connectivity index (χ1) is 7.86. The number of aryl methyl sites for hydroxylation is 1. The van der Waals surface area contributed by atoms with Gasteiger partial charge in [-0.15, -0.1) is 11.3 Å². The van der Waals surface area contributed by atoms with Crippen LogP contribution in [-0.2, 0) is 6.42 Å². The lowest BCUT2D eigenvalue weighted by Crippen LogP contribution is -2.00. The van der Waals surface area contributed by atoms with E-state index in [2.05, 4.69) is 21.4 Å². The van der Waals surface area contributed by atoms with Gasteiger partial charge in [-0.3, -0.25) is 4.79 Å². The van der Waals surface area contributed by atoms with E-state index in [0.29, 0.717) is 12.0 Å². The third-order valence-electron chi connectivity index (χ3n) is 2.29. The lowest BCUT2D eigenvalue weighted by molar-refractivity contribution is 0.0979.